The third-order valence-electron chi connectivity index (χ3n) is 8.00. The van der Waals surface area contributed by atoms with Crippen LogP contribution in [0.1, 0.15) is 36.8 Å². The van der Waals surface area contributed by atoms with Gasteiger partial charge in [-0.3, -0.25) is 4.79 Å². The Kier molecular flexibility index (Phi) is 7.62. The third-order valence-corrected chi connectivity index (χ3v) is 8.00. The minimum Gasteiger partial charge on any atom is -0.385 e. The molecule has 5 nitrogen and oxygen atoms in total. The predicted molar refractivity (Wildman–Crippen MR) is 158 cm³/mol. The number of amides is 1. The lowest BCUT2D eigenvalue weighted by Gasteiger charge is -2.28. The minimum atomic E-state index is 0.182. The van der Waals surface area contributed by atoms with Crippen LogP contribution in [0, 0.1) is 0 Å². The van der Waals surface area contributed by atoms with Gasteiger partial charge in [0.1, 0.15) is 0 Å². The summed E-state index contributed by atoms with van der Waals surface area (Å²) in [6, 6.07) is 28.0. The Morgan fingerprint density at radius 2 is 1.74 bits per heavy atom. The van der Waals surface area contributed by atoms with Crippen LogP contribution in [0.2, 0.25) is 0 Å². The monoisotopic (exact) mass is 519 g/mol. The first-order chi connectivity index (χ1) is 19.2. The molecule has 1 N–H and O–H groups in total. The normalized spacial score (nSPS) is 15.6. The molecule has 0 spiro atoms. The molecule has 200 valence electrons. The summed E-state index contributed by atoms with van der Waals surface area (Å²) in [5, 5.41) is 4.72. The number of benzene rings is 3. The quantitative estimate of drug-likeness (QED) is 0.251. The number of methoxy groups -OCH3 is 1. The van der Waals surface area contributed by atoms with E-state index in [9.17, 15) is 4.79 Å². The third kappa shape index (κ3) is 5.56. The lowest BCUT2D eigenvalue weighted by Crippen LogP contribution is -2.39. The highest BCUT2D eigenvalue weighted by Gasteiger charge is 2.36. The van der Waals surface area contributed by atoms with Crippen molar-refractivity contribution in [1.29, 1.82) is 0 Å². The van der Waals surface area contributed by atoms with E-state index in [4.69, 9.17) is 4.74 Å². The number of nitrogens with one attached hydrogen (secondary N) is 1. The molecule has 4 aromatic rings. The number of carbonyl (C=O) groups is 1. The zero-order valence-corrected chi connectivity index (χ0v) is 22.7. The molecule has 5 heteroatoms. The summed E-state index contributed by atoms with van der Waals surface area (Å²) in [4.78, 5) is 16.4. The first kappa shape index (κ1) is 25.6. The Labute approximate surface area is 231 Å². The smallest absolute Gasteiger partial charge is 0.251 e. The summed E-state index contributed by atoms with van der Waals surface area (Å²) < 4.78 is 7.61. The molecule has 2 aliphatic rings. The fourth-order valence-corrected chi connectivity index (χ4v) is 5.85. The fraction of sp³-hybridized carbons (Fsp3) is 0.324. The van der Waals surface area contributed by atoms with Crippen LogP contribution >= 0.6 is 0 Å². The highest BCUT2D eigenvalue weighted by molar-refractivity contribution is 6.02. The van der Waals surface area contributed by atoms with E-state index in [0.717, 1.165) is 56.5 Å². The highest BCUT2D eigenvalue weighted by Crippen LogP contribution is 2.35. The Morgan fingerprint density at radius 1 is 0.974 bits per heavy atom. The number of fused-ring (bicyclic) bond motifs is 1. The van der Waals surface area contributed by atoms with E-state index in [1.165, 1.54) is 33.2 Å². The molecule has 0 saturated heterocycles. The van der Waals surface area contributed by atoms with E-state index in [1.54, 1.807) is 7.11 Å². The van der Waals surface area contributed by atoms with Crippen molar-refractivity contribution >= 4 is 22.4 Å². The Hall–Kier alpha value is -3.67. The van der Waals surface area contributed by atoms with Crippen molar-refractivity contribution < 1.29 is 9.53 Å². The predicted octanol–water partition coefficient (Wildman–Crippen LogP) is 6.28. The number of ether oxygens (including phenoxy) is 1. The first-order valence-corrected chi connectivity index (χ1v) is 14.2. The van der Waals surface area contributed by atoms with Gasteiger partial charge in [0.15, 0.2) is 0 Å². The molecular formula is C34H37N3O2. The summed E-state index contributed by atoms with van der Waals surface area (Å²) in [5.41, 5.74) is 8.09. The zero-order chi connectivity index (χ0) is 26.6. The lowest BCUT2D eigenvalue weighted by atomic mass is 9.91. The van der Waals surface area contributed by atoms with Gasteiger partial charge in [0, 0.05) is 62.1 Å². The molecule has 1 aliphatic carbocycles. The molecule has 1 aromatic heterocycles. The molecule has 3 aromatic carbocycles. The SMILES string of the molecule is COCCCn1cc(CN(C(=O)C2=C(c3cccc(-c4ccccc4)c3)CCNC2)C2CC2)c2ccccc21. The molecule has 0 radical (unpaired) electrons. The van der Waals surface area contributed by atoms with Gasteiger partial charge < -0.3 is 19.5 Å². The maximum atomic E-state index is 14.3. The average molecular weight is 520 g/mol. The molecule has 1 amide bonds. The number of aryl methyl sites for hydroxylation is 1. The van der Waals surface area contributed by atoms with Crippen LogP contribution in [-0.4, -0.2) is 48.2 Å². The summed E-state index contributed by atoms with van der Waals surface area (Å²) in [7, 11) is 1.75. The van der Waals surface area contributed by atoms with Gasteiger partial charge in [-0.05, 0) is 72.2 Å². The maximum Gasteiger partial charge on any atom is 0.251 e. The van der Waals surface area contributed by atoms with E-state index < -0.39 is 0 Å². The van der Waals surface area contributed by atoms with Crippen molar-refractivity contribution in [2.45, 2.75) is 44.8 Å². The highest BCUT2D eigenvalue weighted by atomic mass is 16.5. The van der Waals surface area contributed by atoms with Crippen molar-refractivity contribution in [3.05, 3.63) is 102 Å². The van der Waals surface area contributed by atoms with Gasteiger partial charge in [-0.15, -0.1) is 0 Å². The van der Waals surface area contributed by atoms with Gasteiger partial charge >= 0.3 is 0 Å². The molecule has 0 atom stereocenters. The zero-order valence-electron chi connectivity index (χ0n) is 22.7. The summed E-state index contributed by atoms with van der Waals surface area (Å²) >= 11 is 0. The van der Waals surface area contributed by atoms with Crippen LogP contribution in [0.25, 0.3) is 27.6 Å². The van der Waals surface area contributed by atoms with Crippen molar-refractivity contribution in [3.8, 4) is 11.1 Å². The first-order valence-electron chi connectivity index (χ1n) is 14.2. The van der Waals surface area contributed by atoms with E-state index in [1.807, 2.05) is 6.07 Å². The lowest BCUT2D eigenvalue weighted by molar-refractivity contribution is -0.128. The maximum absolute atomic E-state index is 14.3. The molecular weight excluding hydrogens is 482 g/mol. The van der Waals surface area contributed by atoms with Gasteiger partial charge in [0.05, 0.1) is 0 Å². The number of aromatic nitrogens is 1. The fourth-order valence-electron chi connectivity index (χ4n) is 5.85. The van der Waals surface area contributed by atoms with Crippen LogP contribution < -0.4 is 5.32 Å². The van der Waals surface area contributed by atoms with Crippen molar-refractivity contribution in [1.82, 2.24) is 14.8 Å². The van der Waals surface area contributed by atoms with Crippen LogP contribution in [0.5, 0.6) is 0 Å². The van der Waals surface area contributed by atoms with Gasteiger partial charge in [-0.1, -0.05) is 66.7 Å². The second kappa shape index (κ2) is 11.6. The van der Waals surface area contributed by atoms with Gasteiger partial charge in [-0.25, -0.2) is 0 Å². The van der Waals surface area contributed by atoms with Crippen LogP contribution in [-0.2, 0) is 22.6 Å². The number of carbonyl (C=O) groups excluding carboxylic acids is 1. The number of rotatable bonds is 10. The number of para-hydroxylation sites is 1. The Morgan fingerprint density at radius 3 is 2.56 bits per heavy atom. The van der Waals surface area contributed by atoms with Crippen molar-refractivity contribution in [3.63, 3.8) is 0 Å². The molecule has 0 unspecified atom stereocenters. The molecule has 1 aliphatic heterocycles. The number of hydrogen-bond donors (Lipinski definition) is 1. The summed E-state index contributed by atoms with van der Waals surface area (Å²) in [6.07, 6.45) is 6.23. The van der Waals surface area contributed by atoms with Crippen molar-refractivity contribution in [2.24, 2.45) is 0 Å². The summed E-state index contributed by atoms with van der Waals surface area (Å²) in [6.45, 7) is 3.79. The summed E-state index contributed by atoms with van der Waals surface area (Å²) in [5.74, 6) is 0.182. The minimum absolute atomic E-state index is 0.182. The number of hydrogen-bond acceptors (Lipinski definition) is 3. The number of nitrogens with zero attached hydrogens (tertiary/aromatic N) is 2. The molecule has 1 saturated carbocycles. The van der Waals surface area contributed by atoms with E-state index >= 15 is 0 Å². The topological polar surface area (TPSA) is 46.5 Å². The van der Waals surface area contributed by atoms with Crippen LogP contribution in [0.15, 0.2) is 90.6 Å². The standard InChI is InChI=1S/C34H37N3O2/c1-39-20-8-19-36-23-28(31-13-5-6-14-33(31)36)24-37(29-15-16-29)34(38)32-22-35-18-17-30(32)27-12-7-11-26(21-27)25-9-3-2-4-10-25/h2-7,9-14,21,23,29,35H,8,15-20,22,24H2,1H3. The van der Waals surface area contributed by atoms with Crippen molar-refractivity contribution in [2.75, 3.05) is 26.8 Å². The average Bonchev–Trinajstić information content (AvgIpc) is 3.78. The van der Waals surface area contributed by atoms with E-state index in [0.29, 0.717) is 19.1 Å². The van der Waals surface area contributed by atoms with E-state index in [2.05, 4.69) is 93.8 Å². The Bertz CT molecular complexity index is 1480. The van der Waals surface area contributed by atoms with E-state index in [-0.39, 0.29) is 5.91 Å². The Balaban J connectivity index is 1.32. The second-order valence-electron chi connectivity index (χ2n) is 10.7. The molecule has 1 fully saturated rings. The molecule has 6 rings (SSSR count). The van der Waals surface area contributed by atoms with Crippen LogP contribution in [0.4, 0.5) is 0 Å². The van der Waals surface area contributed by atoms with Gasteiger partial charge in [-0.2, -0.15) is 0 Å². The van der Waals surface area contributed by atoms with Gasteiger partial charge in [0.2, 0.25) is 0 Å². The molecule has 2 heterocycles. The second-order valence-corrected chi connectivity index (χ2v) is 10.7. The van der Waals surface area contributed by atoms with Crippen LogP contribution in [0.3, 0.4) is 0 Å². The molecule has 0 bridgehead atoms. The largest absolute Gasteiger partial charge is 0.385 e. The molecule has 39 heavy (non-hydrogen) atoms. The van der Waals surface area contributed by atoms with Gasteiger partial charge in [0.25, 0.3) is 5.91 Å².